The van der Waals surface area contributed by atoms with Crippen molar-refractivity contribution in [3.05, 3.63) is 21.5 Å². The predicted octanol–water partition coefficient (Wildman–Crippen LogP) is 3.14. The molecule has 0 aromatic heterocycles. The first-order valence-electron chi connectivity index (χ1n) is 3.83. The SMILES string of the molecule is CCSC(=C\C(C)=O)/C=C(/Br)C=N. The van der Waals surface area contributed by atoms with Crippen LogP contribution in [0.25, 0.3) is 0 Å². The molecule has 0 saturated heterocycles. The van der Waals surface area contributed by atoms with Gasteiger partial charge in [-0.2, -0.15) is 0 Å². The van der Waals surface area contributed by atoms with Crippen molar-refractivity contribution in [2.24, 2.45) is 0 Å². The van der Waals surface area contributed by atoms with E-state index in [9.17, 15) is 4.79 Å². The molecule has 0 aliphatic rings. The van der Waals surface area contributed by atoms with Crippen LogP contribution in [0.5, 0.6) is 0 Å². The summed E-state index contributed by atoms with van der Waals surface area (Å²) in [7, 11) is 0. The highest BCUT2D eigenvalue weighted by Gasteiger charge is 1.96. The highest BCUT2D eigenvalue weighted by molar-refractivity contribution is 9.12. The molecule has 0 radical (unpaired) electrons. The van der Waals surface area contributed by atoms with Crippen LogP contribution in [0.15, 0.2) is 21.5 Å². The van der Waals surface area contributed by atoms with Crippen LogP contribution in [0.1, 0.15) is 13.8 Å². The van der Waals surface area contributed by atoms with Crippen LogP contribution in [0, 0.1) is 5.41 Å². The lowest BCUT2D eigenvalue weighted by molar-refractivity contribution is -0.112. The van der Waals surface area contributed by atoms with Gasteiger partial charge in [-0.3, -0.25) is 4.79 Å². The highest BCUT2D eigenvalue weighted by atomic mass is 79.9. The highest BCUT2D eigenvalue weighted by Crippen LogP contribution is 2.19. The van der Waals surface area contributed by atoms with E-state index in [2.05, 4.69) is 15.9 Å². The molecule has 72 valence electrons. The van der Waals surface area contributed by atoms with E-state index < -0.39 is 0 Å². The molecule has 13 heavy (non-hydrogen) atoms. The molecule has 0 spiro atoms. The van der Waals surface area contributed by atoms with Crippen molar-refractivity contribution in [3.8, 4) is 0 Å². The van der Waals surface area contributed by atoms with Gasteiger partial charge in [0.15, 0.2) is 5.78 Å². The standard InChI is InChI=1S/C9H12BrNOS/c1-3-13-9(4-7(2)12)5-8(10)6-11/h4-6,11H,3H2,1-2H3/b8-5+,9-4-,11-6?. The van der Waals surface area contributed by atoms with Crippen LogP contribution in [0.3, 0.4) is 0 Å². The number of nitrogens with one attached hydrogen (secondary N) is 1. The molecule has 0 bridgehead atoms. The van der Waals surface area contributed by atoms with Crippen LogP contribution in [0.4, 0.5) is 0 Å². The molecular weight excluding hydrogens is 250 g/mol. The second-order valence-electron chi connectivity index (χ2n) is 2.26. The minimum Gasteiger partial charge on any atom is -0.308 e. The van der Waals surface area contributed by atoms with E-state index >= 15 is 0 Å². The van der Waals surface area contributed by atoms with Crippen LogP contribution in [0.2, 0.25) is 0 Å². The topological polar surface area (TPSA) is 40.9 Å². The van der Waals surface area contributed by atoms with Gasteiger partial charge in [0.25, 0.3) is 0 Å². The third-order valence-corrected chi connectivity index (χ3v) is 2.39. The maximum Gasteiger partial charge on any atom is 0.153 e. The third-order valence-electron chi connectivity index (χ3n) is 1.07. The minimum atomic E-state index is 0.0254. The number of hydrogen-bond donors (Lipinski definition) is 1. The largest absolute Gasteiger partial charge is 0.308 e. The lowest BCUT2D eigenvalue weighted by Gasteiger charge is -1.98. The fourth-order valence-electron chi connectivity index (χ4n) is 0.670. The number of thioether (sulfide) groups is 1. The number of carbonyl (C=O) groups excluding carboxylic acids is 1. The monoisotopic (exact) mass is 261 g/mol. The molecule has 0 amide bonds. The Kier molecular flexibility index (Phi) is 6.90. The zero-order valence-electron chi connectivity index (χ0n) is 7.63. The lowest BCUT2D eigenvalue weighted by Crippen LogP contribution is -1.85. The Morgan fingerprint density at radius 3 is 2.54 bits per heavy atom. The van der Waals surface area contributed by atoms with E-state index in [-0.39, 0.29) is 5.78 Å². The smallest absolute Gasteiger partial charge is 0.153 e. The molecule has 0 rings (SSSR count). The van der Waals surface area contributed by atoms with Gasteiger partial charge < -0.3 is 5.41 Å². The Balaban J connectivity index is 4.61. The fraction of sp³-hybridized carbons (Fsp3) is 0.333. The van der Waals surface area contributed by atoms with Crippen molar-refractivity contribution in [2.45, 2.75) is 13.8 Å². The van der Waals surface area contributed by atoms with Crippen LogP contribution in [-0.2, 0) is 4.79 Å². The molecule has 0 aromatic rings. The molecular formula is C9H12BrNOS. The summed E-state index contributed by atoms with van der Waals surface area (Å²) < 4.78 is 0.668. The average molecular weight is 262 g/mol. The van der Waals surface area contributed by atoms with E-state index in [4.69, 9.17) is 5.41 Å². The van der Waals surface area contributed by atoms with E-state index in [0.717, 1.165) is 10.7 Å². The maximum absolute atomic E-state index is 10.8. The molecule has 4 heteroatoms. The molecule has 0 aromatic carbocycles. The Morgan fingerprint density at radius 1 is 1.54 bits per heavy atom. The van der Waals surface area contributed by atoms with E-state index in [1.807, 2.05) is 6.92 Å². The summed E-state index contributed by atoms with van der Waals surface area (Å²) in [6.45, 7) is 3.53. The first kappa shape index (κ1) is 12.7. The average Bonchev–Trinajstić information content (AvgIpc) is 2.03. The summed E-state index contributed by atoms with van der Waals surface area (Å²) in [5.74, 6) is 0.936. The van der Waals surface area contributed by atoms with Crippen molar-refractivity contribution < 1.29 is 4.79 Å². The summed E-state index contributed by atoms with van der Waals surface area (Å²) in [4.78, 5) is 11.7. The number of halogens is 1. The second kappa shape index (κ2) is 7.09. The van der Waals surface area contributed by atoms with Gasteiger partial charge in [-0.15, -0.1) is 11.8 Å². The van der Waals surface area contributed by atoms with Gasteiger partial charge in [0, 0.05) is 15.6 Å². The van der Waals surface area contributed by atoms with Gasteiger partial charge in [0.2, 0.25) is 0 Å². The fourth-order valence-corrected chi connectivity index (χ4v) is 1.86. The number of rotatable bonds is 5. The summed E-state index contributed by atoms with van der Waals surface area (Å²) in [5.41, 5.74) is 0. The molecule has 0 fully saturated rings. The normalized spacial score (nSPS) is 12.8. The van der Waals surface area contributed by atoms with Crippen molar-refractivity contribution in [1.82, 2.24) is 0 Å². The van der Waals surface area contributed by atoms with Gasteiger partial charge >= 0.3 is 0 Å². The van der Waals surface area contributed by atoms with E-state index in [1.165, 1.54) is 13.1 Å². The van der Waals surface area contributed by atoms with Gasteiger partial charge in [0.05, 0.1) is 0 Å². The van der Waals surface area contributed by atoms with Gasteiger partial charge in [-0.1, -0.05) is 6.92 Å². The number of carbonyl (C=O) groups is 1. The third kappa shape index (κ3) is 6.78. The molecule has 0 unspecified atom stereocenters. The van der Waals surface area contributed by atoms with Crippen molar-refractivity contribution >= 4 is 39.7 Å². The molecule has 0 atom stereocenters. The molecule has 0 heterocycles. The maximum atomic E-state index is 10.8. The Bertz CT molecular complexity index is 258. The van der Waals surface area contributed by atoms with Crippen LogP contribution < -0.4 is 0 Å². The summed E-state index contributed by atoms with van der Waals surface area (Å²) in [6, 6.07) is 0. The predicted molar refractivity (Wildman–Crippen MR) is 62.7 cm³/mol. The van der Waals surface area contributed by atoms with Gasteiger partial charge in [-0.25, -0.2) is 0 Å². The van der Waals surface area contributed by atoms with Gasteiger partial charge in [0.1, 0.15) is 0 Å². The van der Waals surface area contributed by atoms with E-state index in [1.54, 1.807) is 23.9 Å². The summed E-state index contributed by atoms with van der Waals surface area (Å²) in [6.07, 6.45) is 4.53. The van der Waals surface area contributed by atoms with Crippen molar-refractivity contribution in [2.75, 3.05) is 5.75 Å². The Morgan fingerprint density at radius 2 is 2.15 bits per heavy atom. The molecule has 2 nitrogen and oxygen atoms in total. The number of ketones is 1. The first-order chi connectivity index (χ1) is 6.10. The van der Waals surface area contributed by atoms with Crippen LogP contribution >= 0.6 is 27.7 Å². The summed E-state index contributed by atoms with van der Waals surface area (Å²) >= 11 is 4.77. The zero-order chi connectivity index (χ0) is 10.3. The zero-order valence-corrected chi connectivity index (χ0v) is 10.0. The number of allylic oxidation sites excluding steroid dienone is 3. The Hall–Kier alpha value is -0.350. The number of hydrogen-bond acceptors (Lipinski definition) is 3. The van der Waals surface area contributed by atoms with Crippen LogP contribution in [-0.4, -0.2) is 17.8 Å². The van der Waals surface area contributed by atoms with Crippen molar-refractivity contribution in [1.29, 1.82) is 5.41 Å². The molecule has 0 saturated carbocycles. The second-order valence-corrected chi connectivity index (χ2v) is 4.52. The lowest BCUT2D eigenvalue weighted by atomic mass is 10.3. The summed E-state index contributed by atoms with van der Waals surface area (Å²) in [5, 5.41) is 6.96. The quantitative estimate of drug-likeness (QED) is 0.469. The minimum absolute atomic E-state index is 0.0254. The first-order valence-corrected chi connectivity index (χ1v) is 5.60. The molecule has 0 aliphatic carbocycles. The molecule has 0 aliphatic heterocycles. The molecule has 1 N–H and O–H groups in total. The van der Waals surface area contributed by atoms with Crippen molar-refractivity contribution in [3.63, 3.8) is 0 Å². The van der Waals surface area contributed by atoms with E-state index in [0.29, 0.717) is 4.48 Å². The van der Waals surface area contributed by atoms with Gasteiger partial charge in [-0.05, 0) is 40.8 Å². The Labute approximate surface area is 91.1 Å².